The number of carbonyl (C=O) groups is 10. The molecule has 0 aliphatic heterocycles. The standard InChI is InChI=1S/2C16H32O.C14H28O.C13H16O.C10H16O.C10H18O.C9H9NO3.C7H12O3.C6H10O/c1-3-5-7-8-9-10-11-12-13-15-16(17)14-6-4-2;1-3-5-7-8-9-10-11-13-15-16(17)14-12-6-4-2;1-3-5-7-8-9-11-13-14(15)12-10-6-4-2;14-13-9-5-4-8-12(13)10-11-6-2-1-3-7-11;11-10-7-3-6-9(10)8-4-1-2-5-8;1-3-8(2)9-6-4-5-7-10(9)11;1-7(11)6-8-2-4-9(5-3-8)10(12)13;1-6(8)4-2-3-5-7(9)10;1-3-5-6(7)4-2/h2*3-15H2,1-2H3;3-13H2,1-2H3;1-3,6-7,12H,4-5,8-10H2;8-9H,1-7H2;8-9H,3-7H2,1-2H3;2-5H,6H2,1H3;2-5H2,1H3,(H,9,10);4H,2-3,5H2,1H3. The monoisotopic (exact) mass is 1610 g/mol. The van der Waals surface area contributed by atoms with Crippen LogP contribution in [0.25, 0.3) is 0 Å². The van der Waals surface area contributed by atoms with Gasteiger partial charge in [-0.25, -0.2) is 0 Å². The second kappa shape index (κ2) is 83.2. The first-order chi connectivity index (χ1) is 55.4. The number of allylic oxidation sites excluding steroid dienone is 1. The van der Waals surface area contributed by atoms with E-state index in [0.717, 1.165) is 159 Å². The summed E-state index contributed by atoms with van der Waals surface area (Å²) in [6.07, 6.45) is 69.1. The third-order valence-electron chi connectivity index (χ3n) is 22.4. The number of carboxylic acids is 1. The van der Waals surface area contributed by atoms with E-state index in [-0.39, 0.29) is 29.5 Å². The van der Waals surface area contributed by atoms with E-state index in [1.54, 1.807) is 12.1 Å². The molecule has 2 aromatic rings. The number of unbranched alkanes of at least 4 members (excludes halogenated alkanes) is 26. The van der Waals surface area contributed by atoms with Crippen LogP contribution in [-0.4, -0.2) is 68.0 Å². The number of aliphatic carboxylic acids is 1. The first-order valence-corrected chi connectivity index (χ1v) is 47.2. The maximum Gasteiger partial charge on any atom is 0.303 e. The van der Waals surface area contributed by atoms with Crippen LogP contribution in [0.15, 0.2) is 67.3 Å². The Hall–Kier alpha value is -5.92. The quantitative estimate of drug-likeness (QED) is 0.0281. The van der Waals surface area contributed by atoms with Crippen molar-refractivity contribution in [2.45, 2.75) is 468 Å². The molecule has 2 aromatic carbocycles. The summed E-state index contributed by atoms with van der Waals surface area (Å²) in [4.78, 5) is 120. The largest absolute Gasteiger partial charge is 0.481 e. The van der Waals surface area contributed by atoms with Gasteiger partial charge in [-0.05, 0) is 158 Å². The maximum absolute atomic E-state index is 11.6. The van der Waals surface area contributed by atoms with Crippen LogP contribution in [0.3, 0.4) is 0 Å². The smallest absolute Gasteiger partial charge is 0.303 e. The van der Waals surface area contributed by atoms with Gasteiger partial charge in [-0.1, -0.05) is 304 Å². The summed E-state index contributed by atoms with van der Waals surface area (Å²) in [6, 6.07) is 16.3. The van der Waals surface area contributed by atoms with E-state index in [9.17, 15) is 58.1 Å². The van der Waals surface area contributed by atoms with Gasteiger partial charge >= 0.3 is 5.97 Å². The molecule has 0 bridgehead atoms. The average Bonchev–Trinajstić information content (AvgIpc) is 1.82. The Bertz CT molecular complexity index is 2730. The van der Waals surface area contributed by atoms with Crippen LogP contribution in [0.1, 0.15) is 466 Å². The number of ketones is 9. The molecular formula is C101H173NO13. The van der Waals surface area contributed by atoms with Crippen LogP contribution in [0, 0.1) is 39.7 Å². The van der Waals surface area contributed by atoms with Crippen LogP contribution in [0.5, 0.6) is 0 Å². The highest BCUT2D eigenvalue weighted by atomic mass is 16.6. The Morgan fingerprint density at radius 2 is 0.800 bits per heavy atom. The van der Waals surface area contributed by atoms with Crippen molar-refractivity contribution in [3.63, 3.8) is 0 Å². The summed E-state index contributed by atoms with van der Waals surface area (Å²) in [5.74, 6) is 5.12. The van der Waals surface area contributed by atoms with Gasteiger partial charge in [0.05, 0.1) is 4.92 Å². The second-order valence-electron chi connectivity index (χ2n) is 33.3. The van der Waals surface area contributed by atoms with Gasteiger partial charge in [0.25, 0.3) is 5.69 Å². The molecule has 4 unspecified atom stereocenters. The van der Waals surface area contributed by atoms with Crippen LogP contribution in [0.4, 0.5) is 5.69 Å². The summed E-state index contributed by atoms with van der Waals surface area (Å²) >= 11 is 0. The minimum absolute atomic E-state index is 0.0484. The number of nitro groups is 1. The van der Waals surface area contributed by atoms with Gasteiger partial charge in [0.15, 0.2) is 5.78 Å². The molecule has 14 heteroatoms. The number of nitrogens with zero attached hydrogens (tertiary/aromatic N) is 1. The van der Waals surface area contributed by atoms with Crippen LogP contribution in [0.2, 0.25) is 0 Å². The molecule has 6 rings (SSSR count). The number of hydrogen-bond acceptors (Lipinski definition) is 12. The molecule has 0 radical (unpaired) electrons. The molecule has 1 N–H and O–H groups in total. The SMILES string of the molecule is C=CC(=O)CCC.CC(=O)CCCCC(=O)O.CC(=O)Cc1ccc([N+](=O)[O-])cc1.CCC(C)C1CCCCC1=O.CCCCCCCCC(=O)CCCCC.CCCCCCCCCCC(=O)CCCCC.CCCCCCCCCCCC(=O)CCCC.O=C1CCCC1C1CCCC1.O=C1CCCCC1Cc1ccccc1. The molecule has 0 aromatic heterocycles. The van der Waals surface area contributed by atoms with Crippen LogP contribution in [-0.2, 0) is 60.8 Å². The van der Waals surface area contributed by atoms with Gasteiger partial charge in [0, 0.05) is 113 Å². The number of Topliss-reactive ketones (excluding diaryl/α,β-unsaturated/α-hetero) is 8. The summed E-state index contributed by atoms with van der Waals surface area (Å²) < 4.78 is 0. The predicted octanol–water partition coefficient (Wildman–Crippen LogP) is 29.0. The topological polar surface area (TPSA) is 234 Å². The molecular weight excluding hydrogens is 1440 g/mol. The number of carboxylic acid groups (broad SMARTS) is 1. The van der Waals surface area contributed by atoms with E-state index in [1.807, 2.05) is 25.1 Å². The van der Waals surface area contributed by atoms with Gasteiger partial charge in [0.1, 0.15) is 46.3 Å². The molecule has 4 fully saturated rings. The molecule has 0 spiro atoms. The van der Waals surface area contributed by atoms with E-state index in [1.165, 1.54) is 243 Å². The number of hydrogen-bond donors (Lipinski definition) is 1. The van der Waals surface area contributed by atoms with Crippen molar-refractivity contribution in [2.24, 2.45) is 29.6 Å². The van der Waals surface area contributed by atoms with Crippen molar-refractivity contribution in [1.82, 2.24) is 0 Å². The summed E-state index contributed by atoms with van der Waals surface area (Å²) in [5, 5.41) is 18.5. The Morgan fingerprint density at radius 1 is 0.417 bits per heavy atom. The molecule has 0 amide bonds. The van der Waals surface area contributed by atoms with Gasteiger partial charge in [-0.3, -0.25) is 53.3 Å². The number of nitro benzene ring substituents is 1. The van der Waals surface area contributed by atoms with Gasteiger partial charge < -0.3 is 9.90 Å². The van der Waals surface area contributed by atoms with Gasteiger partial charge in [0.2, 0.25) is 0 Å². The second-order valence-corrected chi connectivity index (χ2v) is 33.3. The number of benzene rings is 2. The lowest BCUT2D eigenvalue weighted by Gasteiger charge is -2.25. The molecule has 4 aliphatic rings. The molecule has 115 heavy (non-hydrogen) atoms. The molecule has 4 atom stereocenters. The van der Waals surface area contributed by atoms with Crippen molar-refractivity contribution < 1.29 is 58.0 Å². The fraction of sp³-hybridized carbons (Fsp3) is 0.762. The van der Waals surface area contributed by atoms with Gasteiger partial charge in [-0.2, -0.15) is 0 Å². The summed E-state index contributed by atoms with van der Waals surface area (Å²) in [7, 11) is 0. The lowest BCUT2D eigenvalue weighted by molar-refractivity contribution is -0.384. The first-order valence-electron chi connectivity index (χ1n) is 47.2. The predicted molar refractivity (Wildman–Crippen MR) is 482 cm³/mol. The molecule has 660 valence electrons. The third-order valence-corrected chi connectivity index (χ3v) is 22.4. The fourth-order valence-electron chi connectivity index (χ4n) is 14.9. The minimum atomic E-state index is -0.788. The summed E-state index contributed by atoms with van der Waals surface area (Å²) in [5.41, 5.74) is 2.15. The number of carbonyl (C=O) groups excluding carboxylic acids is 9. The zero-order valence-corrected chi connectivity index (χ0v) is 75.8. The number of non-ortho nitro benzene ring substituents is 1. The minimum Gasteiger partial charge on any atom is -0.481 e. The normalized spacial score (nSPS) is 15.6. The van der Waals surface area contributed by atoms with Crippen molar-refractivity contribution in [2.75, 3.05) is 0 Å². The first kappa shape index (κ1) is 113. The van der Waals surface area contributed by atoms with E-state index >= 15 is 0 Å². The Morgan fingerprint density at radius 3 is 1.17 bits per heavy atom. The third kappa shape index (κ3) is 74.1. The highest BCUT2D eigenvalue weighted by Gasteiger charge is 2.33. The van der Waals surface area contributed by atoms with E-state index < -0.39 is 10.9 Å². The summed E-state index contributed by atoms with van der Waals surface area (Å²) in [6.45, 7) is 25.9. The van der Waals surface area contributed by atoms with Crippen molar-refractivity contribution >= 4 is 63.7 Å². The Balaban J connectivity index is -0.00000124. The molecule has 0 heterocycles. The fourth-order valence-corrected chi connectivity index (χ4v) is 14.9. The van der Waals surface area contributed by atoms with E-state index in [0.29, 0.717) is 90.5 Å². The van der Waals surface area contributed by atoms with Crippen LogP contribution < -0.4 is 0 Å². The lowest BCUT2D eigenvalue weighted by Crippen LogP contribution is -2.24. The maximum atomic E-state index is 11.6. The van der Waals surface area contributed by atoms with Crippen LogP contribution >= 0.6 is 0 Å². The molecule has 0 saturated heterocycles. The Labute approximate surface area is 703 Å². The van der Waals surface area contributed by atoms with E-state index in [4.69, 9.17) is 5.11 Å². The van der Waals surface area contributed by atoms with Crippen molar-refractivity contribution in [3.05, 3.63) is 88.5 Å². The average molecular weight is 1610 g/mol. The molecule has 4 saturated carbocycles. The van der Waals surface area contributed by atoms with Crippen molar-refractivity contribution in [1.29, 1.82) is 0 Å². The molecule has 4 aliphatic carbocycles. The highest BCUT2D eigenvalue weighted by Crippen LogP contribution is 2.38. The zero-order chi connectivity index (χ0) is 86.2. The Kier molecular flexibility index (Phi) is 81.9. The highest BCUT2D eigenvalue weighted by molar-refractivity contribution is 5.89. The zero-order valence-electron chi connectivity index (χ0n) is 75.8. The van der Waals surface area contributed by atoms with Gasteiger partial charge in [-0.15, -0.1) is 0 Å². The lowest BCUT2D eigenvalue weighted by atomic mass is 9.79. The van der Waals surface area contributed by atoms with E-state index in [2.05, 4.69) is 74.1 Å². The number of rotatable bonds is 53. The molecule has 14 nitrogen and oxygen atoms in total. The van der Waals surface area contributed by atoms with Crippen molar-refractivity contribution in [3.8, 4) is 0 Å².